The summed E-state index contributed by atoms with van der Waals surface area (Å²) >= 11 is 0.0383. The van der Waals surface area contributed by atoms with Gasteiger partial charge in [0.05, 0.1) is 0 Å². The van der Waals surface area contributed by atoms with E-state index in [1.54, 1.807) is 24.3 Å². The molecule has 0 aliphatic heterocycles. The van der Waals surface area contributed by atoms with Gasteiger partial charge in [-0.25, -0.2) is 0 Å². The van der Waals surface area contributed by atoms with Crippen molar-refractivity contribution in [3.8, 4) is 12.1 Å². The zero-order chi connectivity index (χ0) is 19.1. The molecule has 2 aromatic rings. The molecular weight excluding hydrogens is 466 g/mol. The number of esters is 2. The molecule has 2 aromatic carbocycles. The van der Waals surface area contributed by atoms with Crippen LogP contribution in [-0.4, -0.2) is 52.4 Å². The average Bonchev–Trinajstić information content (AvgIpc) is 2.70. The Labute approximate surface area is 161 Å². The summed E-state index contributed by atoms with van der Waals surface area (Å²) in [6.45, 7) is 0. The summed E-state index contributed by atoms with van der Waals surface area (Å²) < 4.78 is 11.3. The van der Waals surface area contributed by atoms with Crippen LogP contribution in [0, 0.1) is 22.7 Å². The van der Waals surface area contributed by atoms with Crippen molar-refractivity contribution in [1.29, 1.82) is 10.5 Å². The third-order valence-corrected chi connectivity index (χ3v) is 10.4. The Hall–Kier alpha value is -2.60. The van der Waals surface area contributed by atoms with Gasteiger partial charge in [0.2, 0.25) is 0 Å². The first-order valence-corrected chi connectivity index (χ1v) is 13.2. The molecule has 8 heteroatoms. The summed E-state index contributed by atoms with van der Waals surface area (Å²) in [6.07, 6.45) is 0. The molecule has 2 rings (SSSR count). The second-order valence-corrected chi connectivity index (χ2v) is 11.1. The van der Waals surface area contributed by atoms with E-state index in [2.05, 4.69) is 0 Å². The van der Waals surface area contributed by atoms with Gasteiger partial charge in [-0.2, -0.15) is 0 Å². The van der Waals surface area contributed by atoms with Gasteiger partial charge in [-0.05, 0) is 0 Å². The van der Waals surface area contributed by atoms with Crippen LogP contribution in [0.25, 0.3) is 0 Å². The number of rotatable bonds is 5. The Morgan fingerprint density at radius 2 is 1.19 bits per heavy atom. The van der Waals surface area contributed by atoms with Gasteiger partial charge in [-0.1, -0.05) is 0 Å². The number of nitriles is 2. The van der Waals surface area contributed by atoms with Crippen LogP contribution in [0.5, 0.6) is 0 Å². The van der Waals surface area contributed by atoms with Gasteiger partial charge in [0, 0.05) is 0 Å². The third-order valence-electron chi connectivity index (χ3n) is 3.27. The molecule has 0 saturated carbocycles. The molecule has 26 heavy (non-hydrogen) atoms. The predicted octanol–water partition coefficient (Wildman–Crippen LogP) is 0.277. The maximum absolute atomic E-state index is 11.8. The second kappa shape index (κ2) is 9.19. The molecule has 0 atom stereocenters. The maximum atomic E-state index is 11.8. The van der Waals surface area contributed by atoms with Crippen molar-refractivity contribution < 1.29 is 19.1 Å². The van der Waals surface area contributed by atoms with E-state index in [1.807, 2.05) is 24.3 Å². The predicted molar refractivity (Wildman–Crippen MR) is 95.8 cm³/mol. The van der Waals surface area contributed by atoms with Crippen molar-refractivity contribution in [3.63, 3.8) is 0 Å². The van der Waals surface area contributed by atoms with Crippen LogP contribution in [0.15, 0.2) is 36.4 Å². The van der Waals surface area contributed by atoms with Gasteiger partial charge in [0.25, 0.3) is 0 Å². The van der Waals surface area contributed by atoms with Crippen LogP contribution in [0.3, 0.4) is 0 Å². The number of carbonyl (C=O) groups is 2. The van der Waals surface area contributed by atoms with E-state index in [0.717, 1.165) is 8.92 Å². The fraction of sp³-hybridized carbons (Fsp3) is 0.111. The number of hydrogen-bond acceptors (Lipinski definition) is 6. The van der Waals surface area contributed by atoms with E-state index in [4.69, 9.17) is 20.0 Å². The number of methoxy groups -OCH3 is 2. The molecule has 0 saturated heterocycles. The molecule has 6 nitrogen and oxygen atoms in total. The molecule has 0 unspecified atom stereocenters. The van der Waals surface area contributed by atoms with Gasteiger partial charge < -0.3 is 0 Å². The van der Waals surface area contributed by atoms with Crippen molar-refractivity contribution in [3.05, 3.63) is 58.7 Å². The molecule has 0 N–H and O–H groups in total. The molecule has 0 aliphatic rings. The van der Waals surface area contributed by atoms with Gasteiger partial charge in [0.1, 0.15) is 0 Å². The normalized spacial score (nSPS) is 9.69. The van der Waals surface area contributed by atoms with Gasteiger partial charge in [0.15, 0.2) is 0 Å². The van der Waals surface area contributed by atoms with E-state index >= 15 is 0 Å². The van der Waals surface area contributed by atoms with Crippen molar-refractivity contribution in [1.82, 2.24) is 0 Å². The summed E-state index contributed by atoms with van der Waals surface area (Å²) in [5, 5.41) is 18.2. The van der Waals surface area contributed by atoms with Crippen LogP contribution >= 0.6 is 0 Å². The van der Waals surface area contributed by atoms with E-state index in [1.165, 1.54) is 14.2 Å². The molecule has 130 valence electrons. The van der Waals surface area contributed by atoms with Gasteiger partial charge >= 0.3 is 162 Å². The SMILES string of the molecule is COC(=O)c1cc([Se][Se]c2ccc(C#N)c(C(=O)OC)c2)ccc1C#N. The average molecular weight is 478 g/mol. The summed E-state index contributed by atoms with van der Waals surface area (Å²) in [5.74, 6) is -1.09. The van der Waals surface area contributed by atoms with Crippen LogP contribution in [-0.2, 0) is 9.47 Å². The number of ether oxygens (including phenoxy) is 2. The van der Waals surface area contributed by atoms with E-state index < -0.39 is 11.9 Å². The Balaban J connectivity index is 2.24. The van der Waals surface area contributed by atoms with Crippen molar-refractivity contribution in [2.45, 2.75) is 0 Å². The number of benzene rings is 2. The molecule has 0 radical (unpaired) electrons. The molecule has 0 aliphatic carbocycles. The quantitative estimate of drug-likeness (QED) is 0.452. The van der Waals surface area contributed by atoms with E-state index in [0.29, 0.717) is 0 Å². The summed E-state index contributed by atoms with van der Waals surface area (Å²) in [4.78, 5) is 23.6. The first-order valence-electron chi connectivity index (χ1n) is 7.13. The molecule has 0 fully saturated rings. The molecular formula is C18H12N2O4Se2. The zero-order valence-corrected chi connectivity index (χ0v) is 17.2. The minimum atomic E-state index is -0.543. The Bertz CT molecular complexity index is 868. The van der Waals surface area contributed by atoms with Gasteiger partial charge in [-0.3, -0.25) is 0 Å². The molecule has 0 aromatic heterocycles. The van der Waals surface area contributed by atoms with E-state index in [9.17, 15) is 9.59 Å². The van der Waals surface area contributed by atoms with E-state index in [-0.39, 0.29) is 48.5 Å². The van der Waals surface area contributed by atoms with Crippen LogP contribution in [0.2, 0.25) is 0 Å². The van der Waals surface area contributed by atoms with Crippen LogP contribution in [0.1, 0.15) is 31.8 Å². The van der Waals surface area contributed by atoms with Crippen LogP contribution < -0.4 is 8.92 Å². The number of nitrogens with zero attached hydrogens (tertiary/aromatic N) is 2. The monoisotopic (exact) mass is 480 g/mol. The van der Waals surface area contributed by atoms with Crippen LogP contribution in [0.4, 0.5) is 0 Å². The van der Waals surface area contributed by atoms with Crippen molar-refractivity contribution in [2.75, 3.05) is 14.2 Å². The minimum absolute atomic E-state index is 0.0192. The number of hydrogen-bond donors (Lipinski definition) is 0. The summed E-state index contributed by atoms with van der Waals surface area (Å²) in [6, 6.07) is 14.2. The first kappa shape index (κ1) is 19.7. The fourth-order valence-corrected chi connectivity index (χ4v) is 7.98. The third kappa shape index (κ3) is 4.52. The number of carbonyl (C=O) groups excluding carboxylic acids is 2. The topological polar surface area (TPSA) is 100 Å². The standard InChI is InChI=1S/C18H12N2O4Se2/c1-23-17(21)15-7-13(5-3-11(15)9-19)25-26-14-6-4-12(10-20)16(8-14)18(22)24-2/h3-8H,1-2H3. The Morgan fingerprint density at radius 1 is 0.808 bits per heavy atom. The zero-order valence-electron chi connectivity index (χ0n) is 13.8. The Morgan fingerprint density at radius 3 is 1.50 bits per heavy atom. The summed E-state index contributed by atoms with van der Waals surface area (Å²) in [7, 11) is 2.55. The summed E-state index contributed by atoms with van der Waals surface area (Å²) in [5.41, 5.74) is 1.05. The Kier molecular flexibility index (Phi) is 6.97. The molecule has 0 amide bonds. The second-order valence-electron chi connectivity index (χ2n) is 4.79. The molecule has 0 spiro atoms. The fourth-order valence-electron chi connectivity index (χ4n) is 2.00. The van der Waals surface area contributed by atoms with Crippen molar-refractivity contribution in [2.24, 2.45) is 0 Å². The molecule has 0 bridgehead atoms. The van der Waals surface area contributed by atoms with Gasteiger partial charge in [-0.15, -0.1) is 0 Å². The molecule has 0 heterocycles. The van der Waals surface area contributed by atoms with Crippen molar-refractivity contribution >= 4 is 47.1 Å². The first-order chi connectivity index (χ1) is 12.5.